The highest BCUT2D eigenvalue weighted by molar-refractivity contribution is 7.18. The molecule has 9 nitrogen and oxygen atoms in total. The lowest BCUT2D eigenvalue weighted by Gasteiger charge is -2.31. The molecule has 4 heterocycles. The molecule has 2 amide bonds. The van der Waals surface area contributed by atoms with Crippen LogP contribution in [0.2, 0.25) is 5.02 Å². The largest absolute Gasteiger partial charge is 0.489 e. The zero-order valence-electron chi connectivity index (χ0n) is 22.0. The first-order valence-electron chi connectivity index (χ1n) is 12.4. The summed E-state index contributed by atoms with van der Waals surface area (Å²) in [6.45, 7) is 1.59. The van der Waals surface area contributed by atoms with Crippen molar-refractivity contribution in [1.82, 2.24) is 20.3 Å². The fourth-order valence-corrected chi connectivity index (χ4v) is 5.51. The summed E-state index contributed by atoms with van der Waals surface area (Å²) in [6.07, 6.45) is -3.55. The maximum absolute atomic E-state index is 14.6. The molecule has 0 saturated heterocycles. The fourth-order valence-electron chi connectivity index (χ4n) is 4.42. The van der Waals surface area contributed by atoms with Crippen LogP contribution in [-0.4, -0.2) is 51.2 Å². The van der Waals surface area contributed by atoms with Crippen molar-refractivity contribution >= 4 is 45.1 Å². The molecule has 0 radical (unpaired) electrons. The van der Waals surface area contributed by atoms with Crippen LogP contribution in [0, 0.1) is 5.82 Å². The number of amides is 2. The minimum Gasteiger partial charge on any atom is -0.489 e. The number of benzene rings is 1. The van der Waals surface area contributed by atoms with E-state index < -0.39 is 47.1 Å². The standard InChI is InChI=1S/C27H22ClF4N5O4S/c1-3-19-37-22-17(42-19)7-13(9-34-22)23(38)35-10-26(40,27(30,31)32)18-8-14-21(41-11-25(14,2)24(33)39)20(36-18)12-4-5-16(29)15(28)6-12/h4-9,40H,3,10-11H2,1-2H3,(H2,33,39)(H,35,38)/t25-,26?/m0/s1. The number of carbonyl (C=O) groups excluding carboxylic acids is 2. The molecule has 4 aromatic rings. The monoisotopic (exact) mass is 623 g/mol. The number of nitrogens with one attached hydrogen (secondary N) is 1. The lowest BCUT2D eigenvalue weighted by atomic mass is 9.81. The van der Waals surface area contributed by atoms with Crippen LogP contribution in [0.1, 0.15) is 40.5 Å². The summed E-state index contributed by atoms with van der Waals surface area (Å²) in [5.74, 6) is -2.70. The van der Waals surface area contributed by atoms with Gasteiger partial charge in [0.1, 0.15) is 29.3 Å². The van der Waals surface area contributed by atoms with Crippen molar-refractivity contribution in [3.8, 4) is 17.0 Å². The van der Waals surface area contributed by atoms with E-state index >= 15 is 0 Å². The molecule has 15 heteroatoms. The van der Waals surface area contributed by atoms with Crippen LogP contribution in [0.3, 0.4) is 0 Å². The first-order valence-corrected chi connectivity index (χ1v) is 13.6. The molecule has 1 aliphatic heterocycles. The number of primary amides is 1. The number of ether oxygens (including phenoxy) is 1. The van der Waals surface area contributed by atoms with Gasteiger partial charge in [-0.2, -0.15) is 13.2 Å². The van der Waals surface area contributed by atoms with E-state index in [1.807, 2.05) is 6.92 Å². The van der Waals surface area contributed by atoms with E-state index in [9.17, 15) is 32.3 Å². The molecule has 2 atom stereocenters. The molecule has 0 bridgehead atoms. The molecule has 1 aromatic carbocycles. The maximum atomic E-state index is 14.6. The minimum absolute atomic E-state index is 0.0448. The van der Waals surface area contributed by atoms with Gasteiger partial charge in [0.2, 0.25) is 11.5 Å². The van der Waals surface area contributed by atoms with Crippen LogP contribution in [-0.2, 0) is 22.2 Å². The smallest absolute Gasteiger partial charge is 0.424 e. The summed E-state index contributed by atoms with van der Waals surface area (Å²) in [7, 11) is 0. The lowest BCUT2D eigenvalue weighted by molar-refractivity contribution is -0.265. The number of thiazole rings is 1. The average Bonchev–Trinajstić information content (AvgIpc) is 3.53. The molecular formula is C27H22ClF4N5O4S. The average molecular weight is 624 g/mol. The van der Waals surface area contributed by atoms with Gasteiger partial charge in [0.25, 0.3) is 5.91 Å². The summed E-state index contributed by atoms with van der Waals surface area (Å²) in [4.78, 5) is 37.7. The Kier molecular flexibility index (Phi) is 7.36. The lowest BCUT2D eigenvalue weighted by Crippen LogP contribution is -2.51. The summed E-state index contributed by atoms with van der Waals surface area (Å²) < 4.78 is 63.9. The number of halogens is 5. The van der Waals surface area contributed by atoms with E-state index in [-0.39, 0.29) is 39.8 Å². The molecule has 4 N–H and O–H groups in total. The molecule has 220 valence electrons. The third-order valence-corrected chi connectivity index (χ3v) is 8.49. The number of alkyl halides is 3. The van der Waals surface area contributed by atoms with Gasteiger partial charge in [0, 0.05) is 17.3 Å². The van der Waals surface area contributed by atoms with Crippen LogP contribution in [0.4, 0.5) is 17.6 Å². The van der Waals surface area contributed by atoms with Crippen LogP contribution in [0.15, 0.2) is 36.5 Å². The topological polar surface area (TPSA) is 140 Å². The molecule has 0 fully saturated rings. The SMILES string of the molecule is CCc1nc2ncc(C(=O)NCC(O)(c3cc4c(c(-c5ccc(F)c(Cl)c5)n3)OC[C@]4(C)C(N)=O)C(F)(F)F)cc2s1. The van der Waals surface area contributed by atoms with Crippen molar-refractivity contribution in [2.45, 2.75) is 37.5 Å². The molecule has 3 aromatic heterocycles. The predicted octanol–water partition coefficient (Wildman–Crippen LogP) is 4.42. The minimum atomic E-state index is -5.36. The van der Waals surface area contributed by atoms with Gasteiger partial charge in [0.15, 0.2) is 5.65 Å². The highest BCUT2D eigenvalue weighted by Gasteiger charge is 2.57. The van der Waals surface area contributed by atoms with Crippen LogP contribution in [0.5, 0.6) is 5.75 Å². The van der Waals surface area contributed by atoms with Crippen molar-refractivity contribution in [3.63, 3.8) is 0 Å². The zero-order chi connectivity index (χ0) is 30.6. The number of aromatic nitrogens is 3. The Morgan fingerprint density at radius 2 is 1.98 bits per heavy atom. The van der Waals surface area contributed by atoms with Crippen molar-refractivity contribution < 1.29 is 37.0 Å². The van der Waals surface area contributed by atoms with Gasteiger partial charge in [-0.05, 0) is 43.7 Å². The number of aryl methyl sites for hydroxylation is 1. The van der Waals surface area contributed by atoms with Crippen molar-refractivity contribution in [3.05, 3.63) is 69.2 Å². The predicted molar refractivity (Wildman–Crippen MR) is 146 cm³/mol. The Hall–Kier alpha value is -3.88. The van der Waals surface area contributed by atoms with E-state index in [0.29, 0.717) is 16.8 Å². The number of carbonyl (C=O) groups is 2. The molecule has 5 rings (SSSR count). The Morgan fingerprint density at radius 3 is 2.62 bits per heavy atom. The second-order valence-electron chi connectivity index (χ2n) is 9.89. The number of nitrogens with two attached hydrogens (primary N) is 1. The van der Waals surface area contributed by atoms with Crippen molar-refractivity contribution in [1.29, 1.82) is 0 Å². The van der Waals surface area contributed by atoms with E-state index in [4.69, 9.17) is 22.1 Å². The van der Waals surface area contributed by atoms with E-state index in [0.717, 1.165) is 23.2 Å². The van der Waals surface area contributed by atoms with Crippen molar-refractivity contribution in [2.24, 2.45) is 5.73 Å². The van der Waals surface area contributed by atoms with E-state index in [1.165, 1.54) is 36.6 Å². The molecule has 42 heavy (non-hydrogen) atoms. The van der Waals surface area contributed by atoms with E-state index in [2.05, 4.69) is 20.3 Å². The summed E-state index contributed by atoms with van der Waals surface area (Å²) >= 11 is 7.20. The molecule has 0 saturated carbocycles. The van der Waals surface area contributed by atoms with Crippen LogP contribution < -0.4 is 15.8 Å². The number of rotatable bonds is 7. The number of fused-ring (bicyclic) bond motifs is 2. The number of hydrogen-bond donors (Lipinski definition) is 3. The summed E-state index contributed by atoms with van der Waals surface area (Å²) in [5.41, 5.74) is -0.614. The Labute approximate surface area is 244 Å². The number of pyridine rings is 2. The van der Waals surface area contributed by atoms with Gasteiger partial charge in [-0.25, -0.2) is 19.3 Å². The van der Waals surface area contributed by atoms with Gasteiger partial charge in [-0.3, -0.25) is 9.59 Å². The van der Waals surface area contributed by atoms with E-state index in [1.54, 1.807) is 0 Å². The van der Waals surface area contributed by atoms with Crippen LogP contribution in [0.25, 0.3) is 21.6 Å². The van der Waals surface area contributed by atoms with Crippen molar-refractivity contribution in [2.75, 3.05) is 13.2 Å². The molecule has 1 unspecified atom stereocenters. The molecule has 0 spiro atoms. The zero-order valence-corrected chi connectivity index (χ0v) is 23.5. The molecular weight excluding hydrogens is 602 g/mol. The molecule has 0 aliphatic carbocycles. The normalized spacial score (nSPS) is 17.9. The third-order valence-electron chi connectivity index (χ3n) is 7.06. The summed E-state index contributed by atoms with van der Waals surface area (Å²) in [5, 5.41) is 13.7. The number of nitrogens with zero attached hydrogens (tertiary/aromatic N) is 3. The quantitative estimate of drug-likeness (QED) is 0.259. The van der Waals surface area contributed by atoms with Gasteiger partial charge < -0.3 is 20.9 Å². The third kappa shape index (κ3) is 4.92. The van der Waals surface area contributed by atoms with Gasteiger partial charge in [-0.15, -0.1) is 11.3 Å². The highest BCUT2D eigenvalue weighted by atomic mass is 35.5. The summed E-state index contributed by atoms with van der Waals surface area (Å²) in [6, 6.07) is 5.62. The van der Waals surface area contributed by atoms with Gasteiger partial charge in [0.05, 0.1) is 32.5 Å². The first kappa shape index (κ1) is 29.6. The molecule has 1 aliphatic rings. The first-order chi connectivity index (χ1) is 19.7. The number of hydrogen-bond acceptors (Lipinski definition) is 8. The fraction of sp³-hybridized carbons (Fsp3) is 0.296. The Balaban J connectivity index is 1.58. The highest BCUT2D eigenvalue weighted by Crippen LogP contribution is 2.48. The van der Waals surface area contributed by atoms with Gasteiger partial charge >= 0.3 is 6.18 Å². The van der Waals surface area contributed by atoms with Gasteiger partial charge in [-0.1, -0.05) is 18.5 Å². The number of aliphatic hydroxyl groups is 1. The maximum Gasteiger partial charge on any atom is 0.424 e. The Morgan fingerprint density at radius 1 is 1.24 bits per heavy atom. The second kappa shape index (κ2) is 10.4. The second-order valence-corrected chi connectivity index (χ2v) is 11.4. The van der Waals surface area contributed by atoms with Crippen LogP contribution >= 0.6 is 22.9 Å². The Bertz CT molecular complexity index is 1750.